The molecule has 0 aliphatic rings. The number of aromatic nitrogens is 2. The van der Waals surface area contributed by atoms with Gasteiger partial charge in [0.1, 0.15) is 11.6 Å². The third kappa shape index (κ3) is 5.16. The van der Waals surface area contributed by atoms with Crippen molar-refractivity contribution in [2.75, 3.05) is 39.6 Å². The van der Waals surface area contributed by atoms with Crippen LogP contribution in [0.3, 0.4) is 0 Å². The van der Waals surface area contributed by atoms with Gasteiger partial charge in [-0.05, 0) is 69.4 Å². The largest absolute Gasteiger partial charge is 0.493 e. The Labute approximate surface area is 189 Å². The first-order chi connectivity index (χ1) is 15.2. The molecule has 0 saturated heterocycles. The van der Waals surface area contributed by atoms with Gasteiger partial charge in [-0.25, -0.2) is 4.39 Å². The van der Waals surface area contributed by atoms with Gasteiger partial charge < -0.3 is 20.4 Å². The third-order valence-corrected chi connectivity index (χ3v) is 5.61. The topological polar surface area (TPSA) is 66.2 Å². The van der Waals surface area contributed by atoms with Crippen LogP contribution in [0.4, 0.5) is 10.1 Å². The van der Waals surface area contributed by atoms with Crippen molar-refractivity contribution in [2.45, 2.75) is 20.3 Å². The van der Waals surface area contributed by atoms with Gasteiger partial charge >= 0.3 is 0 Å². The van der Waals surface area contributed by atoms with Gasteiger partial charge in [-0.2, -0.15) is 5.10 Å². The molecule has 170 valence electrons. The van der Waals surface area contributed by atoms with E-state index in [0.717, 1.165) is 34.6 Å². The molecule has 0 radical (unpaired) electrons. The molecule has 0 amide bonds. The number of benzene rings is 2. The maximum absolute atomic E-state index is 14.2. The van der Waals surface area contributed by atoms with E-state index >= 15 is 0 Å². The molecule has 3 rings (SSSR count). The average Bonchev–Trinajstić information content (AvgIpc) is 2.99. The fourth-order valence-corrected chi connectivity index (χ4v) is 3.88. The zero-order valence-electron chi connectivity index (χ0n) is 19.7. The first kappa shape index (κ1) is 23.5. The highest BCUT2D eigenvalue weighted by molar-refractivity contribution is 6.05. The number of likely N-dealkylation sites (N-methyl/N-ethyl adjacent to an activating group) is 1. The van der Waals surface area contributed by atoms with Crippen LogP contribution in [0.1, 0.15) is 22.5 Å². The Morgan fingerprint density at radius 1 is 1.19 bits per heavy atom. The molecule has 0 atom stereocenters. The Hall–Kier alpha value is -3.19. The van der Waals surface area contributed by atoms with E-state index in [1.165, 1.54) is 17.7 Å². The molecule has 0 spiro atoms. The Balaban J connectivity index is 1.89. The number of ether oxygens (including phenoxy) is 1. The fourth-order valence-electron chi connectivity index (χ4n) is 3.88. The minimum Gasteiger partial charge on any atom is -0.493 e. The van der Waals surface area contributed by atoms with Crippen LogP contribution in [-0.4, -0.2) is 54.7 Å². The minimum atomic E-state index is -0.325. The van der Waals surface area contributed by atoms with Gasteiger partial charge in [0.2, 0.25) is 0 Å². The Bertz CT molecular complexity index is 1120. The molecule has 2 N–H and O–H groups in total. The number of aryl methyl sites for hydroxylation is 2. The molecule has 0 fully saturated rings. The molecule has 0 aliphatic carbocycles. The number of anilines is 1. The van der Waals surface area contributed by atoms with Crippen molar-refractivity contribution in [2.24, 2.45) is 7.05 Å². The van der Waals surface area contributed by atoms with Gasteiger partial charge in [0.05, 0.1) is 18.0 Å². The second-order valence-corrected chi connectivity index (χ2v) is 8.24. The van der Waals surface area contributed by atoms with Crippen molar-refractivity contribution in [3.8, 4) is 16.9 Å². The van der Waals surface area contributed by atoms with Crippen molar-refractivity contribution in [3.05, 3.63) is 64.7 Å². The van der Waals surface area contributed by atoms with E-state index in [-0.39, 0.29) is 5.82 Å². The molecule has 7 heteroatoms. The molecule has 0 saturated carbocycles. The van der Waals surface area contributed by atoms with E-state index in [1.54, 1.807) is 6.07 Å². The van der Waals surface area contributed by atoms with Crippen molar-refractivity contribution in [1.29, 1.82) is 5.41 Å². The SMILES string of the molecule is CNc1ccc(-c2cc(F)ccc2OCCc2c(C)nn(C)c2C)cc1C(=N)CN(C)C. The van der Waals surface area contributed by atoms with Crippen LogP contribution < -0.4 is 10.1 Å². The molecule has 6 nitrogen and oxygen atoms in total. The lowest BCUT2D eigenvalue weighted by molar-refractivity contribution is 0.322. The lowest BCUT2D eigenvalue weighted by atomic mass is 9.98. The van der Waals surface area contributed by atoms with Gasteiger partial charge in [0.15, 0.2) is 0 Å². The summed E-state index contributed by atoms with van der Waals surface area (Å²) >= 11 is 0. The van der Waals surface area contributed by atoms with Gasteiger partial charge in [-0.3, -0.25) is 4.68 Å². The molecule has 2 aromatic carbocycles. The zero-order chi connectivity index (χ0) is 23.4. The van der Waals surface area contributed by atoms with Crippen LogP contribution >= 0.6 is 0 Å². The average molecular weight is 438 g/mol. The van der Waals surface area contributed by atoms with Crippen molar-refractivity contribution >= 4 is 11.4 Å². The monoisotopic (exact) mass is 437 g/mol. The third-order valence-electron chi connectivity index (χ3n) is 5.61. The van der Waals surface area contributed by atoms with E-state index in [2.05, 4.69) is 10.4 Å². The normalized spacial score (nSPS) is 11.1. The van der Waals surface area contributed by atoms with E-state index < -0.39 is 0 Å². The summed E-state index contributed by atoms with van der Waals surface area (Å²) in [6, 6.07) is 10.3. The summed E-state index contributed by atoms with van der Waals surface area (Å²) in [6.45, 7) is 5.02. The summed E-state index contributed by atoms with van der Waals surface area (Å²) in [6.07, 6.45) is 0.722. The molecular weight excluding hydrogens is 405 g/mol. The predicted octanol–water partition coefficient (Wildman–Crippen LogP) is 4.44. The summed E-state index contributed by atoms with van der Waals surface area (Å²) in [5.74, 6) is 0.293. The summed E-state index contributed by atoms with van der Waals surface area (Å²) in [5, 5.41) is 16.1. The smallest absolute Gasteiger partial charge is 0.127 e. The van der Waals surface area contributed by atoms with Crippen LogP contribution in [-0.2, 0) is 13.5 Å². The zero-order valence-corrected chi connectivity index (χ0v) is 19.7. The molecular formula is C25H32FN5O. The quantitative estimate of drug-likeness (QED) is 0.486. The number of nitrogens with zero attached hydrogens (tertiary/aromatic N) is 3. The first-order valence-electron chi connectivity index (χ1n) is 10.7. The number of halogens is 1. The van der Waals surface area contributed by atoms with E-state index in [1.807, 2.05) is 69.8 Å². The fraction of sp³-hybridized carbons (Fsp3) is 0.360. The molecule has 3 aromatic rings. The highest BCUT2D eigenvalue weighted by atomic mass is 19.1. The molecule has 1 heterocycles. The van der Waals surface area contributed by atoms with Crippen molar-refractivity contribution < 1.29 is 9.13 Å². The van der Waals surface area contributed by atoms with Crippen molar-refractivity contribution in [1.82, 2.24) is 14.7 Å². The van der Waals surface area contributed by atoms with E-state index in [4.69, 9.17) is 10.1 Å². The Kier molecular flexibility index (Phi) is 7.30. The lowest BCUT2D eigenvalue weighted by Gasteiger charge is -2.17. The minimum absolute atomic E-state index is 0.325. The van der Waals surface area contributed by atoms with Crippen molar-refractivity contribution in [3.63, 3.8) is 0 Å². The second kappa shape index (κ2) is 9.96. The number of hydrogen-bond donors (Lipinski definition) is 2. The van der Waals surface area contributed by atoms with Gasteiger partial charge in [-0.1, -0.05) is 6.07 Å². The predicted molar refractivity (Wildman–Crippen MR) is 129 cm³/mol. The number of hydrogen-bond acceptors (Lipinski definition) is 5. The molecule has 0 unspecified atom stereocenters. The molecule has 0 bridgehead atoms. The number of nitrogens with one attached hydrogen (secondary N) is 2. The van der Waals surface area contributed by atoms with Gasteiger partial charge in [0, 0.05) is 49.6 Å². The van der Waals surface area contributed by atoms with E-state index in [0.29, 0.717) is 30.2 Å². The van der Waals surface area contributed by atoms with Crippen LogP contribution in [0.5, 0.6) is 5.75 Å². The van der Waals surface area contributed by atoms with Crippen LogP contribution in [0.15, 0.2) is 36.4 Å². The Morgan fingerprint density at radius 2 is 1.94 bits per heavy atom. The standard InChI is InChI=1S/C25H32FN5O/c1-16-20(17(2)31(6)29-16)11-12-32-25-10-8-19(26)14-21(25)18-7-9-24(28-3)22(13-18)23(27)15-30(4)5/h7-10,13-14,27-28H,11-12,15H2,1-6H3. The molecule has 0 aliphatic heterocycles. The highest BCUT2D eigenvalue weighted by Crippen LogP contribution is 2.33. The van der Waals surface area contributed by atoms with E-state index in [9.17, 15) is 4.39 Å². The van der Waals surface area contributed by atoms with Crippen LogP contribution in [0.25, 0.3) is 11.1 Å². The second-order valence-electron chi connectivity index (χ2n) is 8.24. The van der Waals surface area contributed by atoms with Crippen LogP contribution in [0, 0.1) is 25.1 Å². The maximum Gasteiger partial charge on any atom is 0.127 e. The van der Waals surface area contributed by atoms with Gasteiger partial charge in [-0.15, -0.1) is 0 Å². The first-order valence-corrected chi connectivity index (χ1v) is 10.7. The Morgan fingerprint density at radius 3 is 2.56 bits per heavy atom. The lowest BCUT2D eigenvalue weighted by Crippen LogP contribution is -2.22. The summed E-state index contributed by atoms with van der Waals surface area (Å²) in [5.41, 5.74) is 6.92. The van der Waals surface area contributed by atoms with Crippen LogP contribution in [0.2, 0.25) is 0 Å². The maximum atomic E-state index is 14.2. The summed E-state index contributed by atoms with van der Waals surface area (Å²) in [4.78, 5) is 1.95. The summed E-state index contributed by atoms with van der Waals surface area (Å²) in [7, 11) is 7.63. The highest BCUT2D eigenvalue weighted by Gasteiger charge is 2.15. The molecule has 32 heavy (non-hydrogen) atoms. The molecule has 1 aromatic heterocycles. The number of rotatable bonds is 9. The van der Waals surface area contributed by atoms with Gasteiger partial charge in [0.25, 0.3) is 0 Å². The summed E-state index contributed by atoms with van der Waals surface area (Å²) < 4.78 is 22.2.